The molecule has 0 unspecified atom stereocenters. The third kappa shape index (κ3) is 3.86. The largest absolute Gasteiger partial charge is 0.370 e. The Hall–Kier alpha value is -1.32. The van der Waals surface area contributed by atoms with Crippen molar-refractivity contribution in [1.82, 2.24) is 9.97 Å². The van der Waals surface area contributed by atoms with Crippen molar-refractivity contribution in [2.24, 2.45) is 5.92 Å². The molecule has 1 aromatic heterocycles. The normalized spacial score (nSPS) is 15.1. The molecule has 21 heavy (non-hydrogen) atoms. The minimum atomic E-state index is 0.351. The molecule has 0 spiro atoms. The minimum absolute atomic E-state index is 0.351. The van der Waals surface area contributed by atoms with E-state index in [1.165, 1.54) is 24.8 Å². The predicted octanol–water partition coefficient (Wildman–Crippen LogP) is 3.97. The summed E-state index contributed by atoms with van der Waals surface area (Å²) in [6.45, 7) is 10.7. The number of rotatable bonds is 7. The second kappa shape index (κ2) is 7.10. The average Bonchev–Trinajstić information content (AvgIpc) is 2.41. The molecule has 118 valence electrons. The van der Waals surface area contributed by atoms with Gasteiger partial charge in [-0.1, -0.05) is 27.2 Å². The van der Waals surface area contributed by atoms with Crippen molar-refractivity contribution in [3.05, 3.63) is 11.4 Å². The van der Waals surface area contributed by atoms with Gasteiger partial charge in [0.2, 0.25) is 0 Å². The Kier molecular flexibility index (Phi) is 5.43. The van der Waals surface area contributed by atoms with Crippen molar-refractivity contribution in [3.8, 4) is 0 Å². The lowest BCUT2D eigenvalue weighted by Crippen LogP contribution is -2.31. The molecule has 4 nitrogen and oxygen atoms in total. The van der Waals surface area contributed by atoms with Gasteiger partial charge in [-0.15, -0.1) is 0 Å². The fraction of sp³-hybridized carbons (Fsp3) is 0.765. The van der Waals surface area contributed by atoms with Crippen LogP contribution in [-0.4, -0.2) is 30.1 Å². The predicted molar refractivity (Wildman–Crippen MR) is 90.2 cm³/mol. The van der Waals surface area contributed by atoms with E-state index < -0.39 is 0 Å². The molecule has 0 aromatic carbocycles. The van der Waals surface area contributed by atoms with Gasteiger partial charge in [0.05, 0.1) is 0 Å². The van der Waals surface area contributed by atoms with Crippen LogP contribution in [0.5, 0.6) is 0 Å². The maximum atomic E-state index is 4.83. The van der Waals surface area contributed by atoms with Crippen LogP contribution in [0.4, 0.5) is 11.6 Å². The van der Waals surface area contributed by atoms with Crippen LogP contribution in [0.2, 0.25) is 0 Å². The number of hydrogen-bond donors (Lipinski definition) is 1. The van der Waals surface area contributed by atoms with Gasteiger partial charge in [0.1, 0.15) is 17.5 Å². The van der Waals surface area contributed by atoms with Gasteiger partial charge in [0.25, 0.3) is 0 Å². The summed E-state index contributed by atoms with van der Waals surface area (Å²) in [5.41, 5.74) is 1.18. The summed E-state index contributed by atoms with van der Waals surface area (Å²) in [5, 5.41) is 3.46. The molecule has 1 aliphatic rings. The van der Waals surface area contributed by atoms with Gasteiger partial charge < -0.3 is 10.2 Å². The van der Waals surface area contributed by atoms with Gasteiger partial charge in [0, 0.05) is 31.6 Å². The fourth-order valence-electron chi connectivity index (χ4n) is 2.72. The van der Waals surface area contributed by atoms with E-state index in [1.54, 1.807) is 0 Å². The molecule has 1 N–H and O–H groups in total. The summed E-state index contributed by atoms with van der Waals surface area (Å²) < 4.78 is 0. The first-order valence-corrected chi connectivity index (χ1v) is 8.36. The zero-order valence-corrected chi connectivity index (χ0v) is 14.2. The highest BCUT2D eigenvalue weighted by Crippen LogP contribution is 2.30. The van der Waals surface area contributed by atoms with Crippen molar-refractivity contribution in [2.45, 2.75) is 59.3 Å². The van der Waals surface area contributed by atoms with Crippen molar-refractivity contribution in [3.63, 3.8) is 0 Å². The van der Waals surface area contributed by atoms with Crippen LogP contribution < -0.4 is 10.2 Å². The van der Waals surface area contributed by atoms with Crippen LogP contribution in [0.15, 0.2) is 0 Å². The molecule has 0 aliphatic heterocycles. The van der Waals surface area contributed by atoms with Crippen molar-refractivity contribution in [2.75, 3.05) is 30.4 Å². The molecule has 1 saturated carbocycles. The molecule has 1 fully saturated rings. The van der Waals surface area contributed by atoms with Crippen LogP contribution in [0.3, 0.4) is 0 Å². The highest BCUT2D eigenvalue weighted by molar-refractivity contribution is 5.58. The quantitative estimate of drug-likeness (QED) is 0.825. The number of aromatic nitrogens is 2. The van der Waals surface area contributed by atoms with E-state index in [9.17, 15) is 0 Å². The highest BCUT2D eigenvalue weighted by Gasteiger charge is 2.22. The molecule has 1 heterocycles. The molecular weight excluding hydrogens is 260 g/mol. The highest BCUT2D eigenvalue weighted by atomic mass is 15.2. The zero-order valence-electron chi connectivity index (χ0n) is 14.2. The average molecular weight is 290 g/mol. The summed E-state index contributed by atoms with van der Waals surface area (Å²) in [6.07, 6.45) is 5.23. The van der Waals surface area contributed by atoms with Crippen molar-refractivity contribution < 1.29 is 0 Å². The van der Waals surface area contributed by atoms with E-state index in [0.717, 1.165) is 42.9 Å². The van der Waals surface area contributed by atoms with Crippen LogP contribution in [0.1, 0.15) is 63.8 Å². The maximum absolute atomic E-state index is 4.83. The second-order valence-corrected chi connectivity index (χ2v) is 6.64. The van der Waals surface area contributed by atoms with Gasteiger partial charge in [0.15, 0.2) is 0 Å². The van der Waals surface area contributed by atoms with Gasteiger partial charge in [-0.05, 0) is 32.1 Å². The Morgan fingerprint density at radius 3 is 2.52 bits per heavy atom. The Balaban J connectivity index is 2.25. The first-order valence-electron chi connectivity index (χ1n) is 8.36. The number of nitrogens with zero attached hydrogens (tertiary/aromatic N) is 3. The molecule has 0 radical (unpaired) electrons. The third-order valence-electron chi connectivity index (χ3n) is 4.31. The summed E-state index contributed by atoms with van der Waals surface area (Å²) in [4.78, 5) is 11.9. The lowest BCUT2D eigenvalue weighted by atomic mass is 9.85. The zero-order chi connectivity index (χ0) is 15.4. The molecule has 0 amide bonds. The van der Waals surface area contributed by atoms with E-state index in [0.29, 0.717) is 5.92 Å². The summed E-state index contributed by atoms with van der Waals surface area (Å²) >= 11 is 0. The summed E-state index contributed by atoms with van der Waals surface area (Å²) in [6, 6.07) is 0. The van der Waals surface area contributed by atoms with Crippen molar-refractivity contribution in [1.29, 1.82) is 0 Å². The number of anilines is 2. The molecule has 0 bridgehead atoms. The minimum Gasteiger partial charge on any atom is -0.370 e. The molecular formula is C17H30N4. The Bertz CT molecular complexity index is 466. The van der Waals surface area contributed by atoms with E-state index in [1.807, 2.05) is 0 Å². The van der Waals surface area contributed by atoms with Crippen LogP contribution in [0, 0.1) is 12.8 Å². The van der Waals surface area contributed by atoms with Crippen LogP contribution in [-0.2, 0) is 0 Å². The Morgan fingerprint density at radius 2 is 2.00 bits per heavy atom. The van der Waals surface area contributed by atoms with Gasteiger partial charge in [-0.25, -0.2) is 9.97 Å². The topological polar surface area (TPSA) is 41.1 Å². The Labute approximate surface area is 129 Å². The smallest absolute Gasteiger partial charge is 0.137 e. The first kappa shape index (κ1) is 16.1. The van der Waals surface area contributed by atoms with Crippen LogP contribution in [0.25, 0.3) is 0 Å². The molecule has 1 aromatic rings. The summed E-state index contributed by atoms with van der Waals surface area (Å²) in [7, 11) is 2.17. The van der Waals surface area contributed by atoms with Crippen LogP contribution >= 0.6 is 0 Å². The molecule has 0 saturated heterocycles. The standard InChI is InChI=1S/C17H30N4/c1-6-10-18-16-13(4)17(20-15(19-16)12(2)3)21(5)11-14-8-7-9-14/h12,14H,6-11H2,1-5H3,(H,18,19,20). The fourth-order valence-corrected chi connectivity index (χ4v) is 2.72. The van der Waals surface area contributed by atoms with Crippen molar-refractivity contribution >= 4 is 11.6 Å². The van der Waals surface area contributed by atoms with Gasteiger partial charge in [-0.3, -0.25) is 0 Å². The van der Waals surface area contributed by atoms with E-state index in [2.05, 4.69) is 45.0 Å². The SMILES string of the molecule is CCCNc1nc(C(C)C)nc(N(C)CC2CCC2)c1C. The lowest BCUT2D eigenvalue weighted by Gasteiger charge is -2.32. The van der Waals surface area contributed by atoms with Gasteiger partial charge >= 0.3 is 0 Å². The molecule has 2 rings (SSSR count). The second-order valence-electron chi connectivity index (χ2n) is 6.64. The summed E-state index contributed by atoms with van der Waals surface area (Å²) in [5.74, 6) is 4.24. The number of hydrogen-bond acceptors (Lipinski definition) is 4. The molecule has 4 heteroatoms. The lowest BCUT2D eigenvalue weighted by molar-refractivity contribution is 0.321. The number of nitrogens with one attached hydrogen (secondary N) is 1. The molecule has 0 atom stereocenters. The maximum Gasteiger partial charge on any atom is 0.137 e. The van der Waals surface area contributed by atoms with Gasteiger partial charge in [-0.2, -0.15) is 0 Å². The molecule has 1 aliphatic carbocycles. The first-order chi connectivity index (χ1) is 10.0. The Morgan fingerprint density at radius 1 is 1.29 bits per heavy atom. The van der Waals surface area contributed by atoms with E-state index >= 15 is 0 Å². The van der Waals surface area contributed by atoms with E-state index in [4.69, 9.17) is 9.97 Å². The van der Waals surface area contributed by atoms with E-state index in [-0.39, 0.29) is 0 Å². The third-order valence-corrected chi connectivity index (χ3v) is 4.31. The monoisotopic (exact) mass is 290 g/mol.